The second kappa shape index (κ2) is 9.40. The van der Waals surface area contributed by atoms with E-state index in [1.807, 2.05) is 67.6 Å². The molecule has 0 spiro atoms. The first kappa shape index (κ1) is 20.6. The van der Waals surface area contributed by atoms with E-state index >= 15 is 0 Å². The van der Waals surface area contributed by atoms with Crippen molar-refractivity contribution < 1.29 is 18.8 Å². The van der Waals surface area contributed by atoms with Crippen LogP contribution < -0.4 is 10.1 Å². The number of anilines is 1. The first-order valence-corrected chi connectivity index (χ1v) is 9.97. The summed E-state index contributed by atoms with van der Waals surface area (Å²) in [6.45, 7) is 2.51. The second-order valence-corrected chi connectivity index (χ2v) is 7.10. The average Bonchev–Trinajstić information content (AvgIpc) is 3.25. The summed E-state index contributed by atoms with van der Waals surface area (Å²) in [5.74, 6) is 1.09. The quantitative estimate of drug-likeness (QED) is 0.453. The van der Waals surface area contributed by atoms with Crippen LogP contribution in [0.4, 0.5) is 5.69 Å². The van der Waals surface area contributed by atoms with E-state index in [4.69, 9.17) is 14.0 Å². The number of carbonyl (C=O) groups excluding carboxylic acids is 1. The van der Waals surface area contributed by atoms with Gasteiger partial charge in [-0.25, -0.2) is 0 Å². The predicted octanol–water partition coefficient (Wildman–Crippen LogP) is 4.55. The Kier molecular flexibility index (Phi) is 6.24. The van der Waals surface area contributed by atoms with Gasteiger partial charge in [0.15, 0.2) is 12.4 Å². The molecule has 0 unspecified atom stereocenters. The third kappa shape index (κ3) is 4.90. The standard InChI is InChI=1S/C24H23N3O4/c1-16-7-3-6-10-20(16)25-24(28)19-13-17-8-4-5-9-18(17)14-21(19)30-15-23-26-22(27-31-23)11-12-29-2/h3-10,13-14H,11-12,15H2,1-2H3,(H,25,28). The zero-order valence-electron chi connectivity index (χ0n) is 17.4. The zero-order valence-corrected chi connectivity index (χ0v) is 17.4. The van der Waals surface area contributed by atoms with Gasteiger partial charge in [0, 0.05) is 19.2 Å². The Morgan fingerprint density at radius 1 is 1.06 bits per heavy atom. The van der Waals surface area contributed by atoms with Crippen LogP contribution in [-0.2, 0) is 17.8 Å². The summed E-state index contributed by atoms with van der Waals surface area (Å²) in [6, 6.07) is 19.1. The Hall–Kier alpha value is -3.71. The number of aromatic nitrogens is 2. The number of amides is 1. The van der Waals surface area contributed by atoms with Gasteiger partial charge in [-0.05, 0) is 41.5 Å². The topological polar surface area (TPSA) is 86.5 Å². The Bertz CT molecular complexity index is 1200. The molecular weight excluding hydrogens is 394 g/mol. The fraction of sp³-hybridized carbons (Fsp3) is 0.208. The predicted molar refractivity (Wildman–Crippen MR) is 117 cm³/mol. The monoisotopic (exact) mass is 417 g/mol. The molecule has 1 aromatic heterocycles. The van der Waals surface area contributed by atoms with Crippen LogP contribution in [0.1, 0.15) is 27.6 Å². The fourth-order valence-corrected chi connectivity index (χ4v) is 3.20. The van der Waals surface area contributed by atoms with Crippen molar-refractivity contribution in [3.05, 3.63) is 83.5 Å². The number of ether oxygens (including phenoxy) is 2. The summed E-state index contributed by atoms with van der Waals surface area (Å²) in [4.78, 5) is 17.4. The third-order valence-corrected chi connectivity index (χ3v) is 4.88. The molecule has 7 heteroatoms. The average molecular weight is 417 g/mol. The van der Waals surface area contributed by atoms with E-state index in [1.165, 1.54) is 0 Å². The SMILES string of the molecule is COCCc1noc(COc2cc3ccccc3cc2C(=O)Nc2ccccc2C)n1. The summed E-state index contributed by atoms with van der Waals surface area (Å²) < 4.78 is 16.2. The summed E-state index contributed by atoms with van der Waals surface area (Å²) in [6.07, 6.45) is 0.556. The molecule has 1 amide bonds. The Balaban J connectivity index is 1.59. The number of hydrogen-bond donors (Lipinski definition) is 1. The highest BCUT2D eigenvalue weighted by Gasteiger charge is 2.17. The van der Waals surface area contributed by atoms with Gasteiger partial charge in [0.25, 0.3) is 11.8 Å². The molecule has 4 rings (SSSR count). The van der Waals surface area contributed by atoms with Crippen molar-refractivity contribution in [2.75, 3.05) is 19.0 Å². The molecule has 0 radical (unpaired) electrons. The van der Waals surface area contributed by atoms with Crippen molar-refractivity contribution in [3.63, 3.8) is 0 Å². The van der Waals surface area contributed by atoms with E-state index in [0.29, 0.717) is 36.1 Å². The van der Waals surface area contributed by atoms with Crippen LogP contribution >= 0.6 is 0 Å². The van der Waals surface area contributed by atoms with Crippen molar-refractivity contribution in [2.24, 2.45) is 0 Å². The largest absolute Gasteiger partial charge is 0.483 e. The maximum atomic E-state index is 13.1. The minimum Gasteiger partial charge on any atom is -0.483 e. The highest BCUT2D eigenvalue weighted by molar-refractivity contribution is 6.09. The van der Waals surface area contributed by atoms with Gasteiger partial charge < -0.3 is 19.3 Å². The Labute approximate surface area is 180 Å². The minimum absolute atomic E-state index is 0.0585. The lowest BCUT2D eigenvalue weighted by molar-refractivity contribution is 0.102. The zero-order chi connectivity index (χ0) is 21.6. The van der Waals surface area contributed by atoms with Crippen molar-refractivity contribution >= 4 is 22.4 Å². The molecule has 0 bridgehead atoms. The molecule has 0 saturated carbocycles. The molecule has 1 N–H and O–H groups in total. The molecule has 0 fully saturated rings. The molecule has 3 aromatic carbocycles. The van der Waals surface area contributed by atoms with Crippen molar-refractivity contribution in [1.29, 1.82) is 0 Å². The summed E-state index contributed by atoms with van der Waals surface area (Å²) >= 11 is 0. The van der Waals surface area contributed by atoms with Crippen LogP contribution in [0.5, 0.6) is 5.75 Å². The highest BCUT2D eigenvalue weighted by Crippen LogP contribution is 2.28. The summed E-state index contributed by atoms with van der Waals surface area (Å²) in [5, 5.41) is 8.80. The van der Waals surface area contributed by atoms with Gasteiger partial charge >= 0.3 is 0 Å². The van der Waals surface area contributed by atoms with Gasteiger partial charge in [0.1, 0.15) is 5.75 Å². The van der Waals surface area contributed by atoms with Gasteiger partial charge in [-0.1, -0.05) is 47.6 Å². The van der Waals surface area contributed by atoms with E-state index in [-0.39, 0.29) is 12.5 Å². The lowest BCUT2D eigenvalue weighted by Gasteiger charge is -2.13. The van der Waals surface area contributed by atoms with Crippen LogP contribution in [0.3, 0.4) is 0 Å². The molecule has 7 nitrogen and oxygen atoms in total. The molecule has 0 aliphatic carbocycles. The van der Waals surface area contributed by atoms with E-state index in [9.17, 15) is 4.79 Å². The van der Waals surface area contributed by atoms with Crippen molar-refractivity contribution in [1.82, 2.24) is 10.1 Å². The van der Waals surface area contributed by atoms with Crippen LogP contribution in [-0.4, -0.2) is 29.8 Å². The molecule has 0 aliphatic heterocycles. The van der Waals surface area contributed by atoms with Gasteiger partial charge in [-0.2, -0.15) is 4.98 Å². The number of benzene rings is 3. The number of para-hydroxylation sites is 1. The third-order valence-electron chi connectivity index (χ3n) is 4.88. The maximum absolute atomic E-state index is 13.1. The van der Waals surface area contributed by atoms with Gasteiger partial charge in [0.2, 0.25) is 0 Å². The number of fused-ring (bicyclic) bond motifs is 1. The highest BCUT2D eigenvalue weighted by atomic mass is 16.5. The molecule has 0 saturated heterocycles. The van der Waals surface area contributed by atoms with Crippen LogP contribution in [0.25, 0.3) is 10.8 Å². The van der Waals surface area contributed by atoms with E-state index in [2.05, 4.69) is 15.5 Å². The van der Waals surface area contributed by atoms with Crippen molar-refractivity contribution in [3.8, 4) is 5.75 Å². The fourth-order valence-electron chi connectivity index (χ4n) is 3.20. The summed E-state index contributed by atoms with van der Waals surface area (Å²) in [5.41, 5.74) is 2.17. The smallest absolute Gasteiger partial charge is 0.264 e. The van der Waals surface area contributed by atoms with Crippen LogP contribution in [0, 0.1) is 6.92 Å². The number of nitrogens with one attached hydrogen (secondary N) is 1. The van der Waals surface area contributed by atoms with Crippen LogP contribution in [0.2, 0.25) is 0 Å². The van der Waals surface area contributed by atoms with Gasteiger partial charge in [-0.15, -0.1) is 0 Å². The normalized spacial score (nSPS) is 10.9. The summed E-state index contributed by atoms with van der Waals surface area (Å²) in [7, 11) is 1.62. The minimum atomic E-state index is -0.249. The number of carbonyl (C=O) groups is 1. The molecule has 0 aliphatic rings. The van der Waals surface area contributed by atoms with Crippen molar-refractivity contribution in [2.45, 2.75) is 20.0 Å². The maximum Gasteiger partial charge on any atom is 0.264 e. The molecule has 4 aromatic rings. The number of aryl methyl sites for hydroxylation is 1. The number of rotatable bonds is 8. The molecule has 158 valence electrons. The molecule has 31 heavy (non-hydrogen) atoms. The number of hydrogen-bond acceptors (Lipinski definition) is 6. The first-order chi connectivity index (χ1) is 15.1. The molecular formula is C24H23N3O4. The first-order valence-electron chi connectivity index (χ1n) is 9.97. The Morgan fingerprint density at radius 3 is 2.58 bits per heavy atom. The van der Waals surface area contributed by atoms with E-state index < -0.39 is 0 Å². The molecule has 0 atom stereocenters. The van der Waals surface area contributed by atoms with E-state index in [0.717, 1.165) is 22.0 Å². The lowest BCUT2D eigenvalue weighted by Crippen LogP contribution is -2.14. The van der Waals surface area contributed by atoms with Gasteiger partial charge in [0.05, 0.1) is 12.2 Å². The molecule has 1 heterocycles. The van der Waals surface area contributed by atoms with Crippen LogP contribution in [0.15, 0.2) is 65.2 Å². The van der Waals surface area contributed by atoms with Gasteiger partial charge in [-0.3, -0.25) is 4.79 Å². The lowest BCUT2D eigenvalue weighted by atomic mass is 10.0. The number of nitrogens with zero attached hydrogens (tertiary/aromatic N) is 2. The second-order valence-electron chi connectivity index (χ2n) is 7.10. The Morgan fingerprint density at radius 2 is 1.81 bits per heavy atom. The number of methoxy groups -OCH3 is 1. The van der Waals surface area contributed by atoms with E-state index in [1.54, 1.807) is 7.11 Å².